The summed E-state index contributed by atoms with van der Waals surface area (Å²) in [6.07, 6.45) is 11.7. The molecule has 0 saturated heterocycles. The minimum absolute atomic E-state index is 0.208. The Hall–Kier alpha value is -3.08. The molecule has 0 bridgehead atoms. The number of rotatable bonds is 12. The predicted octanol–water partition coefficient (Wildman–Crippen LogP) is 7.37. The summed E-state index contributed by atoms with van der Waals surface area (Å²) in [4.78, 5) is 19.6. The molecule has 5 heteroatoms. The lowest BCUT2D eigenvalue weighted by atomic mass is 10.0. The normalized spacial score (nSPS) is 12.8. The Morgan fingerprint density at radius 2 is 1.64 bits per heavy atom. The maximum absolute atomic E-state index is 11.9. The van der Waals surface area contributed by atoms with Crippen LogP contribution in [0.4, 0.5) is 11.4 Å². The first-order valence-electron chi connectivity index (χ1n) is 13.0. The number of hydrogen-bond acceptors (Lipinski definition) is 3. The van der Waals surface area contributed by atoms with Gasteiger partial charge in [-0.3, -0.25) is 9.63 Å². The zero-order valence-corrected chi connectivity index (χ0v) is 21.6. The Labute approximate surface area is 219 Å². The van der Waals surface area contributed by atoms with E-state index in [1.54, 1.807) is 6.08 Å². The molecule has 0 aromatic heterocycles. The number of hydroxylamine groups is 1. The monoisotopic (exact) mass is 502 g/mol. The number of anilines is 2. The number of nitrogens with zero attached hydrogens (tertiary/aromatic N) is 1. The standard InChI is InChI=1S/C31H35ClN2O2/c32-28-20-19-27-18-17-26-14-9-10-15-29(26)34(30(27)24-28)22-11-4-2-1-3-8-16-31(35)33-36-23-21-25-12-6-5-7-13-25/h5-10,12-16,19-20,24H,1-4,11,17-18,21-23H2,(H,33,35)/b16-8+. The first kappa shape index (κ1) is 26.0. The van der Waals surface area contributed by atoms with Gasteiger partial charge in [0.1, 0.15) is 0 Å². The van der Waals surface area contributed by atoms with Crippen molar-refractivity contribution in [2.45, 2.75) is 51.4 Å². The number of unbranched alkanes of at least 4 members (excludes halogenated alkanes) is 4. The fraction of sp³-hybridized carbons (Fsp3) is 0.323. The molecule has 1 aliphatic rings. The minimum atomic E-state index is -0.208. The van der Waals surface area contributed by atoms with Gasteiger partial charge in [-0.15, -0.1) is 0 Å². The van der Waals surface area contributed by atoms with Crippen LogP contribution in [0.5, 0.6) is 0 Å². The Kier molecular flexibility index (Phi) is 10.0. The van der Waals surface area contributed by atoms with E-state index in [4.69, 9.17) is 16.4 Å². The molecule has 0 unspecified atom stereocenters. The highest BCUT2D eigenvalue weighted by Crippen LogP contribution is 2.37. The molecule has 3 aromatic rings. The highest BCUT2D eigenvalue weighted by molar-refractivity contribution is 6.30. The maximum Gasteiger partial charge on any atom is 0.267 e. The number of aryl methyl sites for hydroxylation is 2. The summed E-state index contributed by atoms with van der Waals surface area (Å²) in [6, 6.07) is 25.1. The van der Waals surface area contributed by atoms with Gasteiger partial charge < -0.3 is 4.90 Å². The van der Waals surface area contributed by atoms with Crippen molar-refractivity contribution in [3.8, 4) is 0 Å². The van der Waals surface area contributed by atoms with E-state index in [9.17, 15) is 4.79 Å². The van der Waals surface area contributed by atoms with Crippen molar-refractivity contribution in [3.63, 3.8) is 0 Å². The Balaban J connectivity index is 1.15. The minimum Gasteiger partial charge on any atom is -0.341 e. The number of fused-ring (bicyclic) bond motifs is 2. The van der Waals surface area contributed by atoms with Crippen LogP contribution in [0, 0.1) is 0 Å². The molecule has 1 aliphatic heterocycles. The number of carbonyl (C=O) groups excluding carboxylic acids is 1. The van der Waals surface area contributed by atoms with Gasteiger partial charge in [0, 0.05) is 29.0 Å². The Morgan fingerprint density at radius 3 is 2.50 bits per heavy atom. The number of para-hydroxylation sites is 1. The summed E-state index contributed by atoms with van der Waals surface area (Å²) in [7, 11) is 0. The van der Waals surface area contributed by atoms with Gasteiger partial charge in [0.05, 0.1) is 6.61 Å². The van der Waals surface area contributed by atoms with Crippen LogP contribution in [0.3, 0.4) is 0 Å². The van der Waals surface area contributed by atoms with Crippen LogP contribution in [0.2, 0.25) is 5.02 Å². The molecule has 4 rings (SSSR count). The predicted molar refractivity (Wildman–Crippen MR) is 149 cm³/mol. The van der Waals surface area contributed by atoms with Crippen molar-refractivity contribution in [2.24, 2.45) is 0 Å². The van der Waals surface area contributed by atoms with Crippen molar-refractivity contribution < 1.29 is 9.63 Å². The topological polar surface area (TPSA) is 41.6 Å². The van der Waals surface area contributed by atoms with Crippen molar-refractivity contribution in [2.75, 3.05) is 18.1 Å². The lowest BCUT2D eigenvalue weighted by Gasteiger charge is -2.27. The molecule has 3 aromatic carbocycles. The number of carbonyl (C=O) groups is 1. The summed E-state index contributed by atoms with van der Waals surface area (Å²) in [5.41, 5.74) is 8.99. The van der Waals surface area contributed by atoms with Gasteiger partial charge in [0.15, 0.2) is 0 Å². The van der Waals surface area contributed by atoms with E-state index in [2.05, 4.69) is 46.8 Å². The molecule has 36 heavy (non-hydrogen) atoms. The van der Waals surface area contributed by atoms with Crippen molar-refractivity contribution >= 4 is 28.9 Å². The Morgan fingerprint density at radius 1 is 0.889 bits per heavy atom. The third kappa shape index (κ3) is 7.71. The molecule has 0 saturated carbocycles. The van der Waals surface area contributed by atoms with Crippen LogP contribution in [-0.2, 0) is 28.9 Å². The van der Waals surface area contributed by atoms with Crippen LogP contribution in [0.25, 0.3) is 0 Å². The number of allylic oxidation sites excluding steroid dienone is 1. The molecule has 1 heterocycles. The van der Waals surface area contributed by atoms with E-state index in [1.807, 2.05) is 42.5 Å². The van der Waals surface area contributed by atoms with E-state index in [-0.39, 0.29) is 5.91 Å². The maximum atomic E-state index is 11.9. The molecule has 188 valence electrons. The number of halogens is 1. The van der Waals surface area contributed by atoms with Crippen molar-refractivity contribution in [1.29, 1.82) is 0 Å². The smallest absolute Gasteiger partial charge is 0.267 e. The molecule has 0 atom stereocenters. The summed E-state index contributed by atoms with van der Waals surface area (Å²) in [6.45, 7) is 1.44. The fourth-order valence-electron chi connectivity index (χ4n) is 4.67. The summed E-state index contributed by atoms with van der Waals surface area (Å²) in [5, 5.41) is 0.788. The molecule has 0 aliphatic carbocycles. The number of amides is 1. The second-order valence-corrected chi connectivity index (χ2v) is 9.65. The first-order valence-corrected chi connectivity index (χ1v) is 13.3. The molecule has 0 spiro atoms. The van der Waals surface area contributed by atoms with E-state index >= 15 is 0 Å². The summed E-state index contributed by atoms with van der Waals surface area (Å²) in [5.74, 6) is -0.208. The zero-order valence-electron chi connectivity index (χ0n) is 20.8. The molecule has 0 fully saturated rings. The van der Waals surface area contributed by atoms with Crippen LogP contribution in [0.1, 0.15) is 48.8 Å². The average Bonchev–Trinajstić information content (AvgIpc) is 3.05. The van der Waals surface area contributed by atoms with Crippen LogP contribution >= 0.6 is 11.6 Å². The second-order valence-electron chi connectivity index (χ2n) is 9.21. The van der Waals surface area contributed by atoms with Crippen LogP contribution in [0.15, 0.2) is 84.9 Å². The molecule has 1 N–H and O–H groups in total. The van der Waals surface area contributed by atoms with Gasteiger partial charge in [0.25, 0.3) is 5.91 Å². The van der Waals surface area contributed by atoms with E-state index in [1.165, 1.54) is 28.1 Å². The number of nitrogens with one attached hydrogen (secondary N) is 1. The highest BCUT2D eigenvalue weighted by atomic mass is 35.5. The lowest BCUT2D eigenvalue weighted by molar-refractivity contribution is -0.128. The zero-order chi connectivity index (χ0) is 25.0. The summed E-state index contributed by atoms with van der Waals surface area (Å²) >= 11 is 6.37. The van der Waals surface area contributed by atoms with Crippen molar-refractivity contribution in [3.05, 3.63) is 107 Å². The third-order valence-electron chi connectivity index (χ3n) is 6.56. The largest absolute Gasteiger partial charge is 0.341 e. The molecular weight excluding hydrogens is 468 g/mol. The van der Waals surface area contributed by atoms with E-state index in [0.717, 1.165) is 62.9 Å². The quantitative estimate of drug-likeness (QED) is 0.160. The van der Waals surface area contributed by atoms with Crippen LogP contribution < -0.4 is 10.4 Å². The second kappa shape index (κ2) is 13.9. The van der Waals surface area contributed by atoms with Gasteiger partial charge >= 0.3 is 0 Å². The Bertz CT molecular complexity index is 1150. The lowest BCUT2D eigenvalue weighted by Crippen LogP contribution is -2.22. The third-order valence-corrected chi connectivity index (χ3v) is 6.80. The molecular formula is C31H35ClN2O2. The summed E-state index contributed by atoms with van der Waals surface area (Å²) < 4.78 is 0. The van der Waals surface area contributed by atoms with Gasteiger partial charge in [-0.1, -0.05) is 85.1 Å². The first-order chi connectivity index (χ1) is 17.7. The SMILES string of the molecule is O=C(/C=C/CCCCCCN1c2ccccc2CCc2ccc(Cl)cc21)NOCCc1ccccc1. The van der Waals surface area contributed by atoms with Gasteiger partial charge in [-0.2, -0.15) is 0 Å². The van der Waals surface area contributed by atoms with Gasteiger partial charge in [-0.05, 0) is 73.4 Å². The molecule has 0 radical (unpaired) electrons. The molecule has 1 amide bonds. The van der Waals surface area contributed by atoms with Gasteiger partial charge in [0.2, 0.25) is 0 Å². The molecule has 4 nitrogen and oxygen atoms in total. The fourth-order valence-corrected chi connectivity index (χ4v) is 4.84. The van der Waals surface area contributed by atoms with Crippen LogP contribution in [-0.4, -0.2) is 19.1 Å². The highest BCUT2D eigenvalue weighted by Gasteiger charge is 2.20. The van der Waals surface area contributed by atoms with Gasteiger partial charge in [-0.25, -0.2) is 5.48 Å². The van der Waals surface area contributed by atoms with Crippen molar-refractivity contribution in [1.82, 2.24) is 5.48 Å². The average molecular weight is 503 g/mol. The number of benzene rings is 3. The number of hydrogen-bond donors (Lipinski definition) is 1. The van der Waals surface area contributed by atoms with E-state index < -0.39 is 0 Å². The van der Waals surface area contributed by atoms with E-state index in [0.29, 0.717) is 6.61 Å².